The lowest BCUT2D eigenvalue weighted by Gasteiger charge is -2.13. The molecule has 0 unspecified atom stereocenters. The summed E-state index contributed by atoms with van der Waals surface area (Å²) in [6, 6.07) is 3.93. The number of nitrogens with two attached hydrogens (primary N) is 1. The molecule has 0 aliphatic carbocycles. The van der Waals surface area contributed by atoms with Crippen molar-refractivity contribution in [2.75, 3.05) is 37.4 Å². The second kappa shape index (κ2) is 5.33. The van der Waals surface area contributed by atoms with Crippen LogP contribution in [0.4, 0.5) is 15.8 Å². The molecular formula is C10H16FN3O2S. The maximum atomic E-state index is 12.8. The molecule has 1 aromatic rings. The maximum absolute atomic E-state index is 12.8. The summed E-state index contributed by atoms with van der Waals surface area (Å²) >= 11 is 0. The van der Waals surface area contributed by atoms with Crippen LogP contribution in [0.1, 0.15) is 0 Å². The second-order valence-electron chi connectivity index (χ2n) is 3.76. The Labute approximate surface area is 100 Å². The molecule has 1 rings (SSSR count). The Balaban J connectivity index is 2.58. The standard InChI is InChI=1S/C10H16FN3O2S/c1-14(2)17(15,16)6-5-13-10-4-3-8(11)7-9(10)12/h3-4,7,13H,5-6,12H2,1-2H3. The molecule has 0 aromatic heterocycles. The average Bonchev–Trinajstić information content (AvgIpc) is 2.21. The van der Waals surface area contributed by atoms with E-state index in [2.05, 4.69) is 5.32 Å². The molecule has 0 spiro atoms. The van der Waals surface area contributed by atoms with Crippen LogP contribution in [0.2, 0.25) is 0 Å². The summed E-state index contributed by atoms with van der Waals surface area (Å²) in [7, 11) is -0.286. The quantitative estimate of drug-likeness (QED) is 0.765. The van der Waals surface area contributed by atoms with Crippen LogP contribution in [0.5, 0.6) is 0 Å². The van der Waals surface area contributed by atoms with Gasteiger partial charge < -0.3 is 11.1 Å². The zero-order valence-electron chi connectivity index (χ0n) is 9.77. The summed E-state index contributed by atoms with van der Waals surface area (Å²) in [5.74, 6) is -0.467. The zero-order chi connectivity index (χ0) is 13.1. The van der Waals surface area contributed by atoms with Gasteiger partial charge in [-0.25, -0.2) is 17.1 Å². The van der Waals surface area contributed by atoms with E-state index in [4.69, 9.17) is 5.73 Å². The number of anilines is 2. The lowest BCUT2D eigenvalue weighted by molar-refractivity contribution is 0.521. The van der Waals surface area contributed by atoms with Crippen molar-refractivity contribution in [1.29, 1.82) is 0 Å². The first-order valence-electron chi connectivity index (χ1n) is 5.02. The second-order valence-corrected chi connectivity index (χ2v) is 6.06. The van der Waals surface area contributed by atoms with Gasteiger partial charge in [-0.05, 0) is 18.2 Å². The van der Waals surface area contributed by atoms with E-state index in [0.717, 1.165) is 4.31 Å². The highest BCUT2D eigenvalue weighted by molar-refractivity contribution is 7.89. The van der Waals surface area contributed by atoms with Crippen LogP contribution in [0.3, 0.4) is 0 Å². The van der Waals surface area contributed by atoms with Crippen molar-refractivity contribution in [2.24, 2.45) is 0 Å². The molecular weight excluding hydrogens is 245 g/mol. The molecule has 0 aliphatic rings. The van der Waals surface area contributed by atoms with Crippen molar-refractivity contribution in [3.8, 4) is 0 Å². The molecule has 17 heavy (non-hydrogen) atoms. The van der Waals surface area contributed by atoms with Gasteiger partial charge in [0.25, 0.3) is 0 Å². The van der Waals surface area contributed by atoms with E-state index in [1.807, 2.05) is 0 Å². The number of hydrogen-bond acceptors (Lipinski definition) is 4. The SMILES string of the molecule is CN(C)S(=O)(=O)CCNc1ccc(F)cc1N. The van der Waals surface area contributed by atoms with Gasteiger partial charge in [0, 0.05) is 20.6 Å². The Kier molecular flexibility index (Phi) is 4.30. The number of hydrogen-bond donors (Lipinski definition) is 2. The normalized spacial score (nSPS) is 11.8. The molecule has 0 saturated carbocycles. The summed E-state index contributed by atoms with van der Waals surface area (Å²) in [6.07, 6.45) is 0. The number of nitrogen functional groups attached to an aromatic ring is 1. The predicted octanol–water partition coefficient (Wildman–Crippen LogP) is 0.711. The van der Waals surface area contributed by atoms with E-state index in [-0.39, 0.29) is 18.0 Å². The van der Waals surface area contributed by atoms with Crippen LogP contribution >= 0.6 is 0 Å². The lowest BCUT2D eigenvalue weighted by Crippen LogP contribution is -2.28. The molecule has 0 atom stereocenters. The molecule has 0 saturated heterocycles. The molecule has 0 fully saturated rings. The third kappa shape index (κ3) is 3.86. The molecule has 1 aromatic carbocycles. The topological polar surface area (TPSA) is 75.4 Å². The van der Waals surface area contributed by atoms with Gasteiger partial charge in [-0.2, -0.15) is 0 Å². The fraction of sp³-hybridized carbons (Fsp3) is 0.400. The summed E-state index contributed by atoms with van der Waals surface area (Å²) in [6.45, 7) is 0.219. The molecule has 5 nitrogen and oxygen atoms in total. The fourth-order valence-corrected chi connectivity index (χ4v) is 1.92. The summed E-state index contributed by atoms with van der Waals surface area (Å²) < 4.78 is 36.8. The Morgan fingerprint density at radius 3 is 2.59 bits per heavy atom. The highest BCUT2D eigenvalue weighted by Crippen LogP contribution is 2.18. The van der Waals surface area contributed by atoms with E-state index in [0.29, 0.717) is 5.69 Å². The highest BCUT2D eigenvalue weighted by Gasteiger charge is 2.12. The fourth-order valence-electron chi connectivity index (χ4n) is 1.19. The van der Waals surface area contributed by atoms with Gasteiger partial charge in [0.2, 0.25) is 10.0 Å². The first kappa shape index (κ1) is 13.7. The van der Waals surface area contributed by atoms with Crippen LogP contribution in [0, 0.1) is 5.82 Å². The minimum absolute atomic E-state index is 0.0448. The van der Waals surface area contributed by atoms with Crippen LogP contribution in [-0.4, -0.2) is 39.1 Å². The van der Waals surface area contributed by atoms with E-state index in [9.17, 15) is 12.8 Å². The van der Waals surface area contributed by atoms with Crippen molar-refractivity contribution in [1.82, 2.24) is 4.31 Å². The van der Waals surface area contributed by atoms with Crippen LogP contribution in [0.25, 0.3) is 0 Å². The third-order valence-electron chi connectivity index (χ3n) is 2.25. The first-order valence-corrected chi connectivity index (χ1v) is 6.63. The molecule has 7 heteroatoms. The number of rotatable bonds is 5. The Morgan fingerprint density at radius 2 is 2.06 bits per heavy atom. The predicted molar refractivity (Wildman–Crippen MR) is 66.8 cm³/mol. The Bertz CT molecular complexity index is 488. The van der Waals surface area contributed by atoms with Crippen LogP contribution < -0.4 is 11.1 Å². The van der Waals surface area contributed by atoms with Crippen LogP contribution in [0.15, 0.2) is 18.2 Å². The smallest absolute Gasteiger partial charge is 0.215 e. The molecule has 0 aliphatic heterocycles. The molecule has 0 amide bonds. The molecule has 3 N–H and O–H groups in total. The van der Waals surface area contributed by atoms with E-state index in [1.54, 1.807) is 0 Å². The Morgan fingerprint density at radius 1 is 1.41 bits per heavy atom. The van der Waals surface area contributed by atoms with Gasteiger partial charge in [-0.1, -0.05) is 0 Å². The largest absolute Gasteiger partial charge is 0.397 e. The first-order chi connectivity index (χ1) is 7.83. The van der Waals surface area contributed by atoms with Gasteiger partial charge in [0.1, 0.15) is 5.82 Å². The van der Waals surface area contributed by atoms with Gasteiger partial charge in [0.15, 0.2) is 0 Å². The molecule has 0 radical (unpaired) electrons. The monoisotopic (exact) mass is 261 g/mol. The Hall–Kier alpha value is -1.34. The maximum Gasteiger partial charge on any atom is 0.215 e. The number of nitrogens with one attached hydrogen (secondary N) is 1. The minimum atomic E-state index is -3.23. The highest BCUT2D eigenvalue weighted by atomic mass is 32.2. The van der Waals surface area contributed by atoms with Crippen molar-refractivity contribution in [3.05, 3.63) is 24.0 Å². The van der Waals surface area contributed by atoms with Crippen molar-refractivity contribution < 1.29 is 12.8 Å². The number of halogens is 1. The molecule has 0 heterocycles. The summed E-state index contributed by atoms with van der Waals surface area (Å²) in [5.41, 5.74) is 6.35. The lowest BCUT2D eigenvalue weighted by atomic mass is 10.2. The molecule has 0 bridgehead atoms. The number of benzene rings is 1. The van der Waals surface area contributed by atoms with Gasteiger partial charge in [0.05, 0.1) is 17.1 Å². The summed E-state index contributed by atoms with van der Waals surface area (Å²) in [4.78, 5) is 0. The van der Waals surface area contributed by atoms with Crippen molar-refractivity contribution in [2.45, 2.75) is 0 Å². The van der Waals surface area contributed by atoms with Crippen LogP contribution in [-0.2, 0) is 10.0 Å². The number of sulfonamides is 1. The summed E-state index contributed by atoms with van der Waals surface area (Å²) in [5, 5.41) is 2.85. The average molecular weight is 261 g/mol. The molecule has 96 valence electrons. The van der Waals surface area contributed by atoms with Crippen molar-refractivity contribution in [3.63, 3.8) is 0 Å². The minimum Gasteiger partial charge on any atom is -0.397 e. The van der Waals surface area contributed by atoms with Gasteiger partial charge >= 0.3 is 0 Å². The van der Waals surface area contributed by atoms with E-state index < -0.39 is 15.8 Å². The number of nitrogens with zero attached hydrogens (tertiary/aromatic N) is 1. The van der Waals surface area contributed by atoms with Crippen molar-refractivity contribution >= 4 is 21.4 Å². The van der Waals surface area contributed by atoms with Gasteiger partial charge in [-0.15, -0.1) is 0 Å². The van der Waals surface area contributed by atoms with E-state index in [1.165, 1.54) is 32.3 Å². The van der Waals surface area contributed by atoms with E-state index >= 15 is 0 Å². The van der Waals surface area contributed by atoms with Gasteiger partial charge in [-0.3, -0.25) is 0 Å². The zero-order valence-corrected chi connectivity index (χ0v) is 10.6. The third-order valence-corrected chi connectivity index (χ3v) is 4.08.